The summed E-state index contributed by atoms with van der Waals surface area (Å²) < 4.78 is 32.7. The lowest BCUT2D eigenvalue weighted by molar-refractivity contribution is 0.0950. The molecule has 9 nitrogen and oxygen atoms in total. The number of amidine groups is 1. The second kappa shape index (κ2) is 8.13. The molecule has 162 valence electrons. The summed E-state index contributed by atoms with van der Waals surface area (Å²) in [7, 11) is -3.40. The van der Waals surface area contributed by atoms with E-state index in [1.165, 1.54) is 11.8 Å². The van der Waals surface area contributed by atoms with Crippen molar-refractivity contribution in [2.24, 2.45) is 4.40 Å². The van der Waals surface area contributed by atoms with Gasteiger partial charge >= 0.3 is 0 Å². The third-order valence-electron chi connectivity index (χ3n) is 5.33. The van der Waals surface area contributed by atoms with Crippen LogP contribution in [0.5, 0.6) is 0 Å². The maximum atomic E-state index is 12.7. The fourth-order valence-corrected chi connectivity index (χ4v) is 5.99. The van der Waals surface area contributed by atoms with E-state index in [9.17, 15) is 13.2 Å². The van der Waals surface area contributed by atoms with E-state index in [-0.39, 0.29) is 11.7 Å². The maximum absolute atomic E-state index is 12.7. The van der Waals surface area contributed by atoms with E-state index in [1.54, 1.807) is 18.3 Å². The Labute approximate surface area is 184 Å². The van der Waals surface area contributed by atoms with E-state index in [0.29, 0.717) is 37.0 Å². The minimum Gasteiger partial charge on any atom is -0.378 e. The summed E-state index contributed by atoms with van der Waals surface area (Å²) >= 11 is 1.28. The highest BCUT2D eigenvalue weighted by atomic mass is 32.2. The lowest BCUT2D eigenvalue weighted by atomic mass is 10.1. The standard InChI is InChI=1S/C20H21N5O4S2/c26-19(22-13-14-3-4-21-18(11-14)24-5-8-29-9-6-24)15-1-2-16-17(12-15)30-20-23-31(27,28)10-7-25(16)20/h1-4,11-12H,5-10,13H2,(H,22,26). The monoisotopic (exact) mass is 459 g/mol. The van der Waals surface area contributed by atoms with Crippen LogP contribution in [0, 0.1) is 0 Å². The zero-order chi connectivity index (χ0) is 21.4. The number of carbonyl (C=O) groups is 1. The first-order chi connectivity index (χ1) is 15.0. The zero-order valence-electron chi connectivity index (χ0n) is 16.7. The first-order valence-electron chi connectivity index (χ1n) is 9.96. The van der Waals surface area contributed by atoms with Gasteiger partial charge in [-0.05, 0) is 47.7 Å². The summed E-state index contributed by atoms with van der Waals surface area (Å²) in [6.45, 7) is 3.75. The predicted molar refractivity (Wildman–Crippen MR) is 119 cm³/mol. The average Bonchev–Trinajstić information content (AvgIpc) is 3.13. The van der Waals surface area contributed by atoms with E-state index in [2.05, 4.69) is 19.6 Å². The fourth-order valence-electron chi connectivity index (χ4n) is 3.69. The van der Waals surface area contributed by atoms with Crippen molar-refractivity contribution in [1.29, 1.82) is 0 Å². The number of hydrogen-bond acceptors (Lipinski definition) is 8. The van der Waals surface area contributed by atoms with Crippen LogP contribution in [0.1, 0.15) is 15.9 Å². The molecule has 0 radical (unpaired) electrons. The molecular weight excluding hydrogens is 438 g/mol. The highest BCUT2D eigenvalue weighted by molar-refractivity contribution is 8.15. The summed E-state index contributed by atoms with van der Waals surface area (Å²) in [5.41, 5.74) is 2.38. The molecule has 3 aliphatic rings. The number of pyridine rings is 1. The van der Waals surface area contributed by atoms with Gasteiger partial charge in [0.05, 0.1) is 24.7 Å². The number of thioether (sulfide) groups is 1. The molecule has 3 aliphatic heterocycles. The maximum Gasteiger partial charge on any atom is 0.257 e. The quantitative estimate of drug-likeness (QED) is 0.733. The van der Waals surface area contributed by atoms with Crippen molar-refractivity contribution in [1.82, 2.24) is 10.3 Å². The molecule has 1 fully saturated rings. The molecule has 1 N–H and O–H groups in total. The Morgan fingerprint density at radius 2 is 2.00 bits per heavy atom. The van der Waals surface area contributed by atoms with Gasteiger partial charge in [0.25, 0.3) is 15.9 Å². The number of fused-ring (bicyclic) bond motifs is 3. The molecule has 5 rings (SSSR count). The summed E-state index contributed by atoms with van der Waals surface area (Å²) in [5.74, 6) is 0.695. The second-order valence-corrected chi connectivity index (χ2v) is 10.2. The topological polar surface area (TPSA) is 104 Å². The average molecular weight is 460 g/mol. The number of rotatable bonds is 4. The molecule has 0 bridgehead atoms. The van der Waals surface area contributed by atoms with E-state index in [1.807, 2.05) is 23.1 Å². The summed E-state index contributed by atoms with van der Waals surface area (Å²) in [6, 6.07) is 9.27. The minimum atomic E-state index is -3.40. The summed E-state index contributed by atoms with van der Waals surface area (Å²) in [4.78, 5) is 22.0. The molecule has 11 heteroatoms. The number of carbonyl (C=O) groups excluding carboxylic acids is 1. The van der Waals surface area contributed by atoms with Crippen LogP contribution < -0.4 is 15.1 Å². The van der Waals surface area contributed by atoms with Crippen LogP contribution in [0.4, 0.5) is 11.5 Å². The summed E-state index contributed by atoms with van der Waals surface area (Å²) in [6.07, 6.45) is 1.75. The molecule has 4 heterocycles. The predicted octanol–water partition coefficient (Wildman–Crippen LogP) is 1.46. The second-order valence-electron chi connectivity index (χ2n) is 7.40. The van der Waals surface area contributed by atoms with Gasteiger partial charge in [-0.25, -0.2) is 13.4 Å². The normalized spacial score (nSPS) is 19.4. The van der Waals surface area contributed by atoms with Gasteiger partial charge in [0.1, 0.15) is 5.82 Å². The smallest absolute Gasteiger partial charge is 0.257 e. The molecule has 0 unspecified atom stereocenters. The van der Waals surface area contributed by atoms with Gasteiger partial charge in [0.2, 0.25) is 0 Å². The van der Waals surface area contributed by atoms with Crippen molar-refractivity contribution in [3.8, 4) is 0 Å². The van der Waals surface area contributed by atoms with Crippen molar-refractivity contribution < 1.29 is 17.9 Å². The Bertz CT molecular complexity index is 1160. The number of sulfonamides is 1. The van der Waals surface area contributed by atoms with Crippen molar-refractivity contribution in [2.75, 3.05) is 48.4 Å². The van der Waals surface area contributed by atoms with Gasteiger partial charge in [0.15, 0.2) is 5.17 Å². The van der Waals surface area contributed by atoms with Crippen molar-refractivity contribution in [3.63, 3.8) is 0 Å². The minimum absolute atomic E-state index is 0.00287. The van der Waals surface area contributed by atoms with Gasteiger partial charge in [-0.2, -0.15) is 0 Å². The highest BCUT2D eigenvalue weighted by Gasteiger charge is 2.33. The molecule has 2 aromatic rings. The molecule has 1 saturated heterocycles. The molecular formula is C20H21N5O4S2. The number of hydrogen-bond donors (Lipinski definition) is 1. The van der Waals surface area contributed by atoms with Crippen molar-refractivity contribution in [3.05, 3.63) is 47.7 Å². The van der Waals surface area contributed by atoms with Crippen molar-refractivity contribution >= 4 is 44.4 Å². The van der Waals surface area contributed by atoms with Crippen LogP contribution in [-0.4, -0.2) is 63.1 Å². The zero-order valence-corrected chi connectivity index (χ0v) is 18.3. The van der Waals surface area contributed by atoms with Gasteiger partial charge in [-0.1, -0.05) is 0 Å². The first kappa shape index (κ1) is 20.3. The number of morpholine rings is 1. The van der Waals surface area contributed by atoms with Crippen LogP contribution in [-0.2, 0) is 21.3 Å². The number of anilines is 2. The molecule has 0 aliphatic carbocycles. The number of ether oxygens (including phenoxy) is 1. The number of amides is 1. The van der Waals surface area contributed by atoms with E-state index >= 15 is 0 Å². The Morgan fingerprint density at radius 3 is 2.84 bits per heavy atom. The lowest BCUT2D eigenvalue weighted by Gasteiger charge is -2.28. The Hall–Kier alpha value is -2.63. The third kappa shape index (κ3) is 4.25. The van der Waals surface area contributed by atoms with Gasteiger partial charge in [-0.3, -0.25) is 4.79 Å². The van der Waals surface area contributed by atoms with Crippen LogP contribution >= 0.6 is 11.8 Å². The van der Waals surface area contributed by atoms with Crippen LogP contribution in [0.15, 0.2) is 45.8 Å². The highest BCUT2D eigenvalue weighted by Crippen LogP contribution is 2.42. The van der Waals surface area contributed by atoms with Crippen LogP contribution in [0.25, 0.3) is 0 Å². The van der Waals surface area contributed by atoms with Crippen molar-refractivity contribution in [2.45, 2.75) is 11.4 Å². The largest absolute Gasteiger partial charge is 0.378 e. The van der Waals surface area contributed by atoms with Crippen LogP contribution in [0.3, 0.4) is 0 Å². The molecule has 0 saturated carbocycles. The third-order valence-corrected chi connectivity index (χ3v) is 7.64. The molecule has 0 atom stereocenters. The van der Waals surface area contributed by atoms with Gasteiger partial charge in [-0.15, -0.1) is 4.40 Å². The van der Waals surface area contributed by atoms with E-state index < -0.39 is 10.0 Å². The Morgan fingerprint density at radius 1 is 1.16 bits per heavy atom. The van der Waals surface area contributed by atoms with Gasteiger partial charge in [0, 0.05) is 42.8 Å². The fraction of sp³-hybridized carbons (Fsp3) is 0.350. The summed E-state index contributed by atoms with van der Waals surface area (Å²) in [5, 5.41) is 3.40. The molecule has 31 heavy (non-hydrogen) atoms. The number of benzene rings is 1. The van der Waals surface area contributed by atoms with Crippen LogP contribution in [0.2, 0.25) is 0 Å². The van der Waals surface area contributed by atoms with Gasteiger partial charge < -0.3 is 19.9 Å². The Kier molecular flexibility index (Phi) is 5.32. The van der Waals surface area contributed by atoms with E-state index in [0.717, 1.165) is 35.1 Å². The first-order valence-corrected chi connectivity index (χ1v) is 12.4. The number of nitrogens with zero attached hydrogens (tertiary/aromatic N) is 4. The SMILES string of the molecule is O=C(NCc1ccnc(N2CCOCC2)c1)c1ccc2c(c1)SC1=NS(=O)(=O)CCN12. The number of nitrogens with one attached hydrogen (secondary N) is 1. The number of aromatic nitrogens is 1. The molecule has 1 aromatic carbocycles. The molecule has 0 spiro atoms. The molecule has 1 aromatic heterocycles. The lowest BCUT2D eigenvalue weighted by Crippen LogP contribution is -2.36. The van der Waals surface area contributed by atoms with E-state index in [4.69, 9.17) is 4.74 Å². The Balaban J connectivity index is 1.26. The molecule has 1 amide bonds.